The summed E-state index contributed by atoms with van der Waals surface area (Å²) in [5.41, 5.74) is 0.973. The fourth-order valence-corrected chi connectivity index (χ4v) is 2.73. The number of nitrogens with zero attached hydrogens (tertiary/aromatic N) is 1. The minimum Gasteiger partial charge on any atom is -0.383 e. The van der Waals surface area contributed by atoms with Gasteiger partial charge in [-0.2, -0.15) is 0 Å². The van der Waals surface area contributed by atoms with Crippen molar-refractivity contribution in [2.75, 3.05) is 26.8 Å². The third kappa shape index (κ3) is 5.03. The number of methoxy groups -OCH3 is 1. The quantitative estimate of drug-likeness (QED) is 0.825. The van der Waals surface area contributed by atoms with Crippen LogP contribution >= 0.6 is 0 Å². The SMILES string of the molecule is COC[C@@H](C)NC(=O)[C@@H]1CC(=O)N(CCc2ccc(F)cc2)C1. The largest absolute Gasteiger partial charge is 0.383 e. The summed E-state index contributed by atoms with van der Waals surface area (Å²) in [6.07, 6.45) is 0.898. The minimum absolute atomic E-state index is 0.00773. The molecule has 0 aromatic heterocycles. The van der Waals surface area contributed by atoms with Crippen LogP contribution in [0.4, 0.5) is 4.39 Å². The summed E-state index contributed by atoms with van der Waals surface area (Å²) in [4.78, 5) is 25.9. The van der Waals surface area contributed by atoms with Crippen molar-refractivity contribution in [3.8, 4) is 0 Å². The highest BCUT2D eigenvalue weighted by atomic mass is 19.1. The molecule has 126 valence electrons. The summed E-state index contributed by atoms with van der Waals surface area (Å²) < 4.78 is 17.9. The number of halogens is 1. The Morgan fingerprint density at radius 2 is 2.13 bits per heavy atom. The predicted molar refractivity (Wildman–Crippen MR) is 84.3 cm³/mol. The number of carbonyl (C=O) groups excluding carboxylic acids is 2. The maximum absolute atomic E-state index is 12.9. The lowest BCUT2D eigenvalue weighted by molar-refractivity contribution is -0.129. The van der Waals surface area contributed by atoms with Crippen molar-refractivity contribution in [1.29, 1.82) is 0 Å². The molecule has 5 nitrogen and oxygen atoms in total. The Morgan fingerprint density at radius 3 is 2.78 bits per heavy atom. The van der Waals surface area contributed by atoms with Crippen LogP contribution in [0.15, 0.2) is 24.3 Å². The lowest BCUT2D eigenvalue weighted by Crippen LogP contribution is -2.40. The van der Waals surface area contributed by atoms with Crippen LogP contribution < -0.4 is 5.32 Å². The molecular weight excluding hydrogens is 299 g/mol. The van der Waals surface area contributed by atoms with E-state index in [0.29, 0.717) is 26.1 Å². The number of nitrogens with one attached hydrogen (secondary N) is 1. The second kappa shape index (κ2) is 8.06. The van der Waals surface area contributed by atoms with Gasteiger partial charge in [0, 0.05) is 32.7 Å². The molecule has 0 radical (unpaired) electrons. The Balaban J connectivity index is 1.82. The van der Waals surface area contributed by atoms with Crippen molar-refractivity contribution in [2.45, 2.75) is 25.8 Å². The van der Waals surface area contributed by atoms with Gasteiger partial charge < -0.3 is 15.0 Å². The number of carbonyl (C=O) groups is 2. The Morgan fingerprint density at radius 1 is 1.43 bits per heavy atom. The van der Waals surface area contributed by atoms with Gasteiger partial charge >= 0.3 is 0 Å². The summed E-state index contributed by atoms with van der Waals surface area (Å²) in [7, 11) is 1.58. The van der Waals surface area contributed by atoms with Crippen molar-refractivity contribution in [2.24, 2.45) is 5.92 Å². The molecule has 1 aromatic carbocycles. The average molecular weight is 322 g/mol. The van der Waals surface area contributed by atoms with E-state index in [9.17, 15) is 14.0 Å². The summed E-state index contributed by atoms with van der Waals surface area (Å²) >= 11 is 0. The Bertz CT molecular complexity index is 547. The molecule has 1 heterocycles. The van der Waals surface area contributed by atoms with E-state index in [-0.39, 0.29) is 36.0 Å². The number of rotatable bonds is 7. The molecule has 1 fully saturated rings. The first kappa shape index (κ1) is 17.4. The van der Waals surface area contributed by atoms with Gasteiger partial charge in [0.15, 0.2) is 0 Å². The molecule has 0 unspecified atom stereocenters. The fraction of sp³-hybridized carbons (Fsp3) is 0.529. The third-order valence-corrected chi connectivity index (χ3v) is 3.97. The van der Waals surface area contributed by atoms with E-state index in [0.717, 1.165) is 5.56 Å². The monoisotopic (exact) mass is 322 g/mol. The number of ether oxygens (including phenoxy) is 1. The third-order valence-electron chi connectivity index (χ3n) is 3.97. The van der Waals surface area contributed by atoms with Gasteiger partial charge in [0.05, 0.1) is 12.5 Å². The highest BCUT2D eigenvalue weighted by Crippen LogP contribution is 2.18. The Labute approximate surface area is 135 Å². The molecule has 0 bridgehead atoms. The highest BCUT2D eigenvalue weighted by molar-refractivity contribution is 5.89. The van der Waals surface area contributed by atoms with Crippen LogP contribution in [0.25, 0.3) is 0 Å². The van der Waals surface area contributed by atoms with Crippen LogP contribution in [0, 0.1) is 11.7 Å². The number of hydrogen-bond acceptors (Lipinski definition) is 3. The summed E-state index contributed by atoms with van der Waals surface area (Å²) in [5, 5.41) is 2.86. The van der Waals surface area contributed by atoms with Gasteiger partial charge in [0.25, 0.3) is 0 Å². The normalized spacial score (nSPS) is 19.0. The van der Waals surface area contributed by atoms with Crippen molar-refractivity contribution >= 4 is 11.8 Å². The number of amides is 2. The second-order valence-electron chi connectivity index (χ2n) is 5.98. The van der Waals surface area contributed by atoms with Crippen molar-refractivity contribution < 1.29 is 18.7 Å². The molecule has 0 spiro atoms. The van der Waals surface area contributed by atoms with Gasteiger partial charge in [-0.05, 0) is 31.0 Å². The summed E-state index contributed by atoms with van der Waals surface area (Å²) in [5.74, 6) is -0.693. The van der Waals surface area contributed by atoms with Crippen LogP contribution in [0.3, 0.4) is 0 Å². The maximum Gasteiger partial charge on any atom is 0.225 e. The lowest BCUT2D eigenvalue weighted by atomic mass is 10.1. The van der Waals surface area contributed by atoms with E-state index < -0.39 is 0 Å². The van der Waals surface area contributed by atoms with E-state index in [1.165, 1.54) is 12.1 Å². The topological polar surface area (TPSA) is 58.6 Å². The predicted octanol–water partition coefficient (Wildman–Crippen LogP) is 1.37. The van der Waals surface area contributed by atoms with Crippen LogP contribution in [0.1, 0.15) is 18.9 Å². The molecule has 23 heavy (non-hydrogen) atoms. The molecule has 2 atom stereocenters. The lowest BCUT2D eigenvalue weighted by Gasteiger charge is -2.18. The molecular formula is C17H23FN2O3. The van der Waals surface area contributed by atoms with Crippen molar-refractivity contribution in [3.63, 3.8) is 0 Å². The van der Waals surface area contributed by atoms with Gasteiger partial charge in [0.1, 0.15) is 5.82 Å². The number of hydrogen-bond donors (Lipinski definition) is 1. The molecule has 6 heteroatoms. The minimum atomic E-state index is -0.310. The van der Waals surface area contributed by atoms with E-state index in [1.807, 2.05) is 6.92 Å². The van der Waals surface area contributed by atoms with Gasteiger partial charge in [-0.25, -0.2) is 4.39 Å². The number of benzene rings is 1. The zero-order valence-corrected chi connectivity index (χ0v) is 13.5. The van der Waals surface area contributed by atoms with Crippen molar-refractivity contribution in [1.82, 2.24) is 10.2 Å². The van der Waals surface area contributed by atoms with Gasteiger partial charge in [-0.15, -0.1) is 0 Å². The molecule has 1 saturated heterocycles. The van der Waals surface area contributed by atoms with E-state index in [2.05, 4.69) is 5.32 Å². The molecule has 0 aliphatic carbocycles. The smallest absolute Gasteiger partial charge is 0.225 e. The standard InChI is InChI=1S/C17H23FN2O3/c1-12(11-23-2)19-17(22)14-9-16(21)20(10-14)8-7-13-3-5-15(18)6-4-13/h3-6,12,14H,7-11H2,1-2H3,(H,19,22)/t12-,14-/m1/s1. The first-order valence-corrected chi connectivity index (χ1v) is 7.81. The molecule has 0 saturated carbocycles. The van der Waals surface area contributed by atoms with Gasteiger partial charge in [-0.1, -0.05) is 12.1 Å². The van der Waals surface area contributed by atoms with Gasteiger partial charge in [0.2, 0.25) is 11.8 Å². The van der Waals surface area contributed by atoms with E-state index in [4.69, 9.17) is 4.74 Å². The number of likely N-dealkylation sites (tertiary alicyclic amines) is 1. The first-order valence-electron chi connectivity index (χ1n) is 7.81. The summed E-state index contributed by atoms with van der Waals surface area (Å²) in [6, 6.07) is 6.18. The molecule has 2 rings (SSSR count). The van der Waals surface area contributed by atoms with Crippen LogP contribution in [-0.4, -0.2) is 49.6 Å². The Kier molecular flexibility index (Phi) is 6.10. The highest BCUT2D eigenvalue weighted by Gasteiger charge is 2.34. The van der Waals surface area contributed by atoms with Crippen LogP contribution in [-0.2, 0) is 20.7 Å². The molecule has 1 N–H and O–H groups in total. The average Bonchev–Trinajstić information content (AvgIpc) is 2.88. The molecule has 1 aliphatic rings. The molecule has 1 aliphatic heterocycles. The van der Waals surface area contributed by atoms with Crippen LogP contribution in [0.5, 0.6) is 0 Å². The zero-order valence-electron chi connectivity index (χ0n) is 13.5. The van der Waals surface area contributed by atoms with E-state index in [1.54, 1.807) is 24.1 Å². The van der Waals surface area contributed by atoms with Gasteiger partial charge in [-0.3, -0.25) is 9.59 Å². The summed E-state index contributed by atoms with van der Waals surface area (Å²) in [6.45, 7) is 3.29. The fourth-order valence-electron chi connectivity index (χ4n) is 2.73. The maximum atomic E-state index is 12.9. The molecule has 2 amide bonds. The zero-order chi connectivity index (χ0) is 16.8. The molecule has 1 aromatic rings. The second-order valence-corrected chi connectivity index (χ2v) is 5.98. The van der Waals surface area contributed by atoms with Crippen molar-refractivity contribution in [3.05, 3.63) is 35.6 Å². The van der Waals surface area contributed by atoms with Crippen LogP contribution in [0.2, 0.25) is 0 Å². The first-order chi connectivity index (χ1) is 11.0. The Hall–Kier alpha value is -1.95. The van der Waals surface area contributed by atoms with E-state index >= 15 is 0 Å².